The maximum Gasteiger partial charge on any atom is 0.263 e. The average Bonchev–Trinajstić information content (AvgIpc) is 3.09. The molecule has 0 saturated carbocycles. The number of hydrogen-bond donors (Lipinski definition) is 0. The zero-order valence-corrected chi connectivity index (χ0v) is 13.3. The van der Waals surface area contributed by atoms with Gasteiger partial charge in [-0.05, 0) is 18.2 Å². The molecule has 1 fully saturated rings. The second-order valence-corrected chi connectivity index (χ2v) is 5.74. The summed E-state index contributed by atoms with van der Waals surface area (Å²) in [5.74, 6) is -0.169. The number of rotatable bonds is 4. The number of pyridine rings is 1. The van der Waals surface area contributed by atoms with Gasteiger partial charge in [0.2, 0.25) is 0 Å². The first kappa shape index (κ1) is 15.5. The van der Waals surface area contributed by atoms with Gasteiger partial charge in [0.15, 0.2) is 0 Å². The molecule has 0 atom stereocenters. The first-order valence-electron chi connectivity index (χ1n) is 7.80. The summed E-state index contributed by atoms with van der Waals surface area (Å²) < 4.78 is 3.35. The molecule has 2 aromatic heterocycles. The number of carbonyl (C=O) groups excluding carboxylic acids is 1. The fraction of sp³-hybridized carbons (Fsp3) is 0.438. The van der Waals surface area contributed by atoms with Crippen molar-refractivity contribution in [3.8, 4) is 0 Å². The summed E-state index contributed by atoms with van der Waals surface area (Å²) in [6, 6.07) is 5.25. The van der Waals surface area contributed by atoms with Crippen LogP contribution >= 0.6 is 0 Å². The van der Waals surface area contributed by atoms with Gasteiger partial charge in [-0.15, -0.1) is 0 Å². The number of aromatic nitrogens is 3. The molecule has 1 amide bonds. The Balaban J connectivity index is 1.55. The summed E-state index contributed by atoms with van der Waals surface area (Å²) in [4.78, 5) is 28.6. The largest absolute Gasteiger partial charge is 0.336 e. The van der Waals surface area contributed by atoms with E-state index in [9.17, 15) is 9.59 Å². The third-order valence-electron chi connectivity index (χ3n) is 4.22. The lowest BCUT2D eigenvalue weighted by Gasteiger charge is -2.34. The van der Waals surface area contributed by atoms with Crippen LogP contribution in [0.5, 0.6) is 0 Å². The molecule has 0 bridgehead atoms. The summed E-state index contributed by atoms with van der Waals surface area (Å²) in [5.41, 5.74) is 0.0126. The number of piperazine rings is 1. The van der Waals surface area contributed by atoms with E-state index in [0.717, 1.165) is 26.2 Å². The minimum Gasteiger partial charge on any atom is -0.336 e. The van der Waals surface area contributed by atoms with E-state index in [0.29, 0.717) is 13.1 Å². The van der Waals surface area contributed by atoms with Gasteiger partial charge in [-0.3, -0.25) is 19.2 Å². The fourth-order valence-corrected chi connectivity index (χ4v) is 2.78. The Bertz CT molecular complexity index is 714. The Hall–Kier alpha value is -2.41. The molecule has 0 aliphatic carbocycles. The Morgan fingerprint density at radius 3 is 2.61 bits per heavy atom. The second-order valence-electron chi connectivity index (χ2n) is 5.74. The van der Waals surface area contributed by atoms with Crippen LogP contribution in [-0.2, 0) is 13.6 Å². The minimum atomic E-state index is -0.237. The van der Waals surface area contributed by atoms with Gasteiger partial charge in [0.05, 0.1) is 6.54 Å². The summed E-state index contributed by atoms with van der Waals surface area (Å²) in [6.45, 7) is 4.70. The summed E-state index contributed by atoms with van der Waals surface area (Å²) >= 11 is 0. The quantitative estimate of drug-likeness (QED) is 0.799. The SMILES string of the molecule is Cn1cccc(C(=O)N2CCN(CCn3cccn3)CC2)c1=O. The summed E-state index contributed by atoms with van der Waals surface area (Å²) in [7, 11) is 1.66. The van der Waals surface area contributed by atoms with Crippen LogP contribution in [-0.4, -0.2) is 62.8 Å². The molecule has 3 rings (SSSR count). The maximum absolute atomic E-state index is 12.5. The van der Waals surface area contributed by atoms with Crippen LogP contribution in [0.15, 0.2) is 41.6 Å². The number of carbonyl (C=O) groups is 1. The Kier molecular flexibility index (Phi) is 4.57. The molecule has 0 N–H and O–H groups in total. The molecular formula is C16H21N5O2. The molecular weight excluding hydrogens is 294 g/mol. The molecule has 23 heavy (non-hydrogen) atoms. The average molecular weight is 315 g/mol. The van der Waals surface area contributed by atoms with Gasteiger partial charge in [-0.2, -0.15) is 5.10 Å². The van der Waals surface area contributed by atoms with E-state index in [-0.39, 0.29) is 17.0 Å². The monoisotopic (exact) mass is 315 g/mol. The number of amides is 1. The predicted molar refractivity (Wildman–Crippen MR) is 86.3 cm³/mol. The summed E-state index contributed by atoms with van der Waals surface area (Å²) in [5, 5.41) is 4.19. The van der Waals surface area contributed by atoms with Crippen LogP contribution in [0.1, 0.15) is 10.4 Å². The lowest BCUT2D eigenvalue weighted by molar-refractivity contribution is 0.0629. The van der Waals surface area contributed by atoms with Gasteiger partial charge < -0.3 is 9.47 Å². The van der Waals surface area contributed by atoms with Crippen LogP contribution in [0.25, 0.3) is 0 Å². The van der Waals surface area contributed by atoms with Crippen molar-refractivity contribution in [2.45, 2.75) is 6.54 Å². The topological polar surface area (TPSA) is 63.4 Å². The van der Waals surface area contributed by atoms with Crippen molar-refractivity contribution < 1.29 is 4.79 Å². The molecule has 1 aliphatic rings. The Morgan fingerprint density at radius 2 is 1.91 bits per heavy atom. The molecule has 0 spiro atoms. The van der Waals surface area contributed by atoms with Crippen LogP contribution in [0.3, 0.4) is 0 Å². The highest BCUT2D eigenvalue weighted by Gasteiger charge is 2.23. The second kappa shape index (κ2) is 6.78. The molecule has 122 valence electrons. The molecule has 1 aliphatic heterocycles. The Labute approximate surface area is 134 Å². The van der Waals surface area contributed by atoms with Crippen molar-refractivity contribution in [2.24, 2.45) is 7.05 Å². The minimum absolute atomic E-state index is 0.169. The lowest BCUT2D eigenvalue weighted by atomic mass is 10.2. The van der Waals surface area contributed by atoms with Crippen molar-refractivity contribution in [1.29, 1.82) is 0 Å². The zero-order chi connectivity index (χ0) is 16.2. The van der Waals surface area contributed by atoms with E-state index in [4.69, 9.17) is 0 Å². The fourth-order valence-electron chi connectivity index (χ4n) is 2.78. The standard InChI is InChI=1S/C16H21N5O2/c1-18-6-2-4-14(15(18)22)16(23)20-11-8-19(9-12-20)10-13-21-7-3-5-17-21/h2-7H,8-13H2,1H3. The molecule has 1 saturated heterocycles. The predicted octanol–water partition coefficient (Wildman–Crippen LogP) is 0.0398. The highest BCUT2D eigenvalue weighted by Crippen LogP contribution is 2.06. The number of hydrogen-bond acceptors (Lipinski definition) is 4. The van der Waals surface area contributed by atoms with Crippen LogP contribution in [0.2, 0.25) is 0 Å². The zero-order valence-electron chi connectivity index (χ0n) is 13.3. The highest BCUT2D eigenvalue weighted by molar-refractivity contribution is 5.93. The van der Waals surface area contributed by atoms with E-state index in [1.807, 2.05) is 16.9 Å². The van der Waals surface area contributed by atoms with E-state index >= 15 is 0 Å². The Morgan fingerprint density at radius 1 is 1.13 bits per heavy atom. The number of aryl methyl sites for hydroxylation is 1. The van der Waals surface area contributed by atoms with Crippen molar-refractivity contribution in [2.75, 3.05) is 32.7 Å². The van der Waals surface area contributed by atoms with Crippen LogP contribution in [0.4, 0.5) is 0 Å². The molecule has 2 aromatic rings. The van der Waals surface area contributed by atoms with E-state index < -0.39 is 0 Å². The summed E-state index contributed by atoms with van der Waals surface area (Å²) in [6.07, 6.45) is 5.38. The van der Waals surface area contributed by atoms with E-state index in [1.165, 1.54) is 4.57 Å². The van der Waals surface area contributed by atoms with Gasteiger partial charge >= 0.3 is 0 Å². The van der Waals surface area contributed by atoms with E-state index in [1.54, 1.807) is 36.5 Å². The van der Waals surface area contributed by atoms with Crippen molar-refractivity contribution in [1.82, 2.24) is 24.1 Å². The van der Waals surface area contributed by atoms with Crippen molar-refractivity contribution >= 4 is 5.91 Å². The highest BCUT2D eigenvalue weighted by atomic mass is 16.2. The molecule has 0 aromatic carbocycles. The maximum atomic E-state index is 12.5. The van der Waals surface area contributed by atoms with Gasteiger partial charge in [0, 0.05) is 58.4 Å². The smallest absolute Gasteiger partial charge is 0.263 e. The van der Waals surface area contributed by atoms with Crippen LogP contribution < -0.4 is 5.56 Å². The molecule has 0 unspecified atom stereocenters. The van der Waals surface area contributed by atoms with Gasteiger partial charge in [0.1, 0.15) is 5.56 Å². The first-order valence-corrected chi connectivity index (χ1v) is 7.80. The normalized spacial score (nSPS) is 15.8. The van der Waals surface area contributed by atoms with Gasteiger partial charge in [0.25, 0.3) is 11.5 Å². The third-order valence-corrected chi connectivity index (χ3v) is 4.22. The molecule has 7 heteroatoms. The van der Waals surface area contributed by atoms with Gasteiger partial charge in [-0.25, -0.2) is 0 Å². The first-order chi connectivity index (χ1) is 11.1. The van der Waals surface area contributed by atoms with E-state index in [2.05, 4.69) is 10.00 Å². The van der Waals surface area contributed by atoms with Crippen LogP contribution in [0, 0.1) is 0 Å². The number of nitrogens with zero attached hydrogens (tertiary/aromatic N) is 5. The third kappa shape index (κ3) is 3.50. The van der Waals surface area contributed by atoms with Crippen molar-refractivity contribution in [3.63, 3.8) is 0 Å². The molecule has 3 heterocycles. The van der Waals surface area contributed by atoms with Gasteiger partial charge in [-0.1, -0.05) is 0 Å². The van der Waals surface area contributed by atoms with Crippen molar-refractivity contribution in [3.05, 3.63) is 52.7 Å². The lowest BCUT2D eigenvalue weighted by Crippen LogP contribution is -2.50. The molecule has 0 radical (unpaired) electrons. The molecule has 7 nitrogen and oxygen atoms in total.